The summed E-state index contributed by atoms with van der Waals surface area (Å²) in [6, 6.07) is 15.6. The minimum atomic E-state index is -1.25. The van der Waals surface area contributed by atoms with Crippen molar-refractivity contribution < 1.29 is 29.0 Å². The Bertz CT molecular complexity index is 1440. The molecule has 3 aliphatic heterocycles. The van der Waals surface area contributed by atoms with Crippen LogP contribution in [0.15, 0.2) is 79.9 Å². The molecule has 3 saturated heterocycles. The van der Waals surface area contributed by atoms with Crippen LogP contribution in [-0.2, 0) is 30.3 Å². The van der Waals surface area contributed by atoms with Gasteiger partial charge in [-0.15, -0.1) is 13.2 Å². The molecule has 3 aliphatic rings. The molecule has 9 nitrogen and oxygen atoms in total. The Hall–Kier alpha value is -3.95. The number of benzene rings is 2. The third-order valence-electron chi connectivity index (χ3n) is 10.5. The third-order valence-corrected chi connectivity index (χ3v) is 10.5. The number of rotatable bonds is 16. The summed E-state index contributed by atoms with van der Waals surface area (Å²) in [4.78, 5) is 49.1. The van der Waals surface area contributed by atoms with Crippen LogP contribution in [0.1, 0.15) is 52.0 Å². The van der Waals surface area contributed by atoms with E-state index in [1.807, 2.05) is 61.5 Å². The minimum Gasteiger partial charge on any atom is -0.465 e. The molecule has 3 fully saturated rings. The molecule has 9 heteroatoms. The number of esters is 1. The van der Waals surface area contributed by atoms with E-state index in [0.717, 1.165) is 24.3 Å². The highest BCUT2D eigenvalue weighted by Gasteiger charge is 2.79. The molecule has 2 unspecified atom stereocenters. The average molecular weight is 644 g/mol. The first kappa shape index (κ1) is 34.4. The number of ether oxygens (including phenoxy) is 2. The van der Waals surface area contributed by atoms with Crippen molar-refractivity contribution in [2.75, 3.05) is 42.6 Å². The first-order chi connectivity index (χ1) is 22.7. The zero-order chi connectivity index (χ0) is 33.8. The Morgan fingerprint density at radius 1 is 1.04 bits per heavy atom. The number of amides is 2. The molecular weight excluding hydrogens is 594 g/mol. The predicted octanol–water partition coefficient (Wildman–Crippen LogP) is 4.93. The summed E-state index contributed by atoms with van der Waals surface area (Å²) >= 11 is 0. The number of nitrogens with zero attached hydrogens (tertiary/aromatic N) is 3. The highest BCUT2D eigenvalue weighted by Crippen LogP contribution is 2.65. The lowest BCUT2D eigenvalue weighted by atomic mass is 9.65. The van der Waals surface area contributed by atoms with Crippen LogP contribution in [0.2, 0.25) is 0 Å². The van der Waals surface area contributed by atoms with Crippen molar-refractivity contribution in [1.82, 2.24) is 4.90 Å². The molecule has 2 amide bonds. The summed E-state index contributed by atoms with van der Waals surface area (Å²) < 4.78 is 12.6. The Morgan fingerprint density at radius 2 is 1.72 bits per heavy atom. The summed E-state index contributed by atoms with van der Waals surface area (Å²) in [5.74, 6) is -2.94. The van der Waals surface area contributed by atoms with Crippen molar-refractivity contribution in [3.05, 3.63) is 85.5 Å². The Balaban J connectivity index is 1.60. The fourth-order valence-corrected chi connectivity index (χ4v) is 8.19. The molecule has 252 valence electrons. The molecule has 2 aromatic carbocycles. The smallest absolute Gasteiger partial charge is 0.312 e. The topological polar surface area (TPSA) is 99.6 Å². The minimum absolute atomic E-state index is 0.155. The maximum atomic E-state index is 15.1. The second-order valence-corrected chi connectivity index (χ2v) is 12.8. The Kier molecular flexibility index (Phi) is 10.6. The number of hydrogen-bond donors (Lipinski definition) is 1. The van der Waals surface area contributed by atoms with E-state index in [0.29, 0.717) is 37.8 Å². The molecule has 1 N–H and O–H groups in total. The molecule has 0 aromatic heterocycles. The van der Waals surface area contributed by atoms with E-state index in [4.69, 9.17) is 9.47 Å². The van der Waals surface area contributed by atoms with Gasteiger partial charge in [0.2, 0.25) is 5.91 Å². The van der Waals surface area contributed by atoms with Crippen molar-refractivity contribution in [3.8, 4) is 0 Å². The zero-order valence-corrected chi connectivity index (χ0v) is 28.0. The standard InChI is InChI=1S/C38H49N3O6/c1-6-11-24-46-36(45)32-31-34(43)41(30(26-42)25-27-15-13-12-14-16-27)33(38(31)22-21-37(32,8-3)47-38)35(44)40(23-7-2)29-19-17-28(18-20-29)39(9-4)10-5/h6-7,12-20,30-33,42H,1-2,8-11,21-26H2,3-5H3/t30-,31+,32-,33?,37+,38?/m1/s1. The number of likely N-dealkylation sites (tertiary alicyclic amines) is 1. The van der Waals surface area contributed by atoms with Gasteiger partial charge in [0.1, 0.15) is 17.6 Å². The monoisotopic (exact) mass is 643 g/mol. The van der Waals surface area contributed by atoms with Crippen molar-refractivity contribution >= 4 is 29.2 Å². The number of aliphatic hydroxyl groups is 1. The van der Waals surface area contributed by atoms with E-state index in [1.165, 1.54) is 4.90 Å². The van der Waals surface area contributed by atoms with E-state index in [2.05, 4.69) is 31.9 Å². The molecule has 0 radical (unpaired) electrons. The first-order valence-corrected chi connectivity index (χ1v) is 17.0. The number of fused-ring (bicyclic) bond motifs is 1. The van der Waals surface area contributed by atoms with Crippen LogP contribution >= 0.6 is 0 Å². The molecule has 3 heterocycles. The number of aliphatic hydroxyl groups excluding tert-OH is 1. The molecule has 5 rings (SSSR count). The van der Waals surface area contributed by atoms with Crippen LogP contribution < -0.4 is 9.80 Å². The van der Waals surface area contributed by atoms with Gasteiger partial charge >= 0.3 is 5.97 Å². The molecule has 2 aromatic rings. The fourth-order valence-electron chi connectivity index (χ4n) is 8.19. The van der Waals surface area contributed by atoms with E-state index in [1.54, 1.807) is 17.1 Å². The lowest BCUT2D eigenvalue weighted by Crippen LogP contribution is -2.59. The van der Waals surface area contributed by atoms with Crippen LogP contribution in [0.3, 0.4) is 0 Å². The molecule has 47 heavy (non-hydrogen) atoms. The normalized spacial score (nSPS) is 26.5. The molecule has 6 atom stereocenters. The molecular formula is C38H49N3O6. The lowest BCUT2D eigenvalue weighted by molar-refractivity contribution is -0.162. The van der Waals surface area contributed by atoms with E-state index >= 15 is 4.79 Å². The highest BCUT2D eigenvalue weighted by atomic mass is 16.6. The molecule has 0 saturated carbocycles. The Morgan fingerprint density at radius 3 is 2.32 bits per heavy atom. The summed E-state index contributed by atoms with van der Waals surface area (Å²) in [6.45, 7) is 15.5. The first-order valence-electron chi connectivity index (χ1n) is 17.0. The van der Waals surface area contributed by atoms with E-state index < -0.39 is 41.1 Å². The maximum Gasteiger partial charge on any atom is 0.312 e. The largest absolute Gasteiger partial charge is 0.465 e. The summed E-state index contributed by atoms with van der Waals surface area (Å²) in [5.41, 5.74) is 0.464. The van der Waals surface area contributed by atoms with Crippen LogP contribution in [0.25, 0.3) is 0 Å². The van der Waals surface area contributed by atoms with Crippen molar-refractivity contribution in [3.63, 3.8) is 0 Å². The second-order valence-electron chi connectivity index (χ2n) is 12.8. The number of anilines is 2. The summed E-state index contributed by atoms with van der Waals surface area (Å²) in [7, 11) is 0. The number of carbonyl (C=O) groups is 3. The van der Waals surface area contributed by atoms with E-state index in [-0.39, 0.29) is 31.6 Å². The molecule has 0 aliphatic carbocycles. The van der Waals surface area contributed by atoms with Crippen LogP contribution in [-0.4, -0.2) is 83.9 Å². The van der Waals surface area contributed by atoms with Gasteiger partial charge in [0, 0.05) is 31.0 Å². The van der Waals surface area contributed by atoms with Crippen molar-refractivity contribution in [1.29, 1.82) is 0 Å². The maximum absolute atomic E-state index is 15.1. The summed E-state index contributed by atoms with van der Waals surface area (Å²) in [5, 5.41) is 10.8. The average Bonchev–Trinajstić information content (AvgIpc) is 3.71. The van der Waals surface area contributed by atoms with Gasteiger partial charge in [-0.1, -0.05) is 49.4 Å². The van der Waals surface area contributed by atoms with Crippen molar-refractivity contribution in [2.45, 2.75) is 76.2 Å². The SMILES string of the molecule is C=CCCOC(=O)[C@H]1[C@H]2C(=O)N([C@@H](CO)Cc3ccccc3)C(C(=O)N(CC=C)c3ccc(N(CC)CC)cc3)C23CC[C@]1(CC)O3. The van der Waals surface area contributed by atoms with Gasteiger partial charge in [-0.2, -0.15) is 0 Å². The Labute approximate surface area is 278 Å². The van der Waals surface area contributed by atoms with Gasteiger partial charge in [0.25, 0.3) is 5.91 Å². The van der Waals surface area contributed by atoms with Gasteiger partial charge in [-0.3, -0.25) is 14.4 Å². The highest BCUT2D eigenvalue weighted by molar-refractivity contribution is 6.05. The number of hydrogen-bond acceptors (Lipinski definition) is 7. The van der Waals surface area contributed by atoms with Gasteiger partial charge in [-0.05, 0) is 75.8 Å². The second kappa shape index (κ2) is 14.4. The summed E-state index contributed by atoms with van der Waals surface area (Å²) in [6.07, 6.45) is 5.63. The predicted molar refractivity (Wildman–Crippen MR) is 183 cm³/mol. The molecule has 1 spiro atoms. The zero-order valence-electron chi connectivity index (χ0n) is 28.0. The third kappa shape index (κ3) is 6.00. The van der Waals surface area contributed by atoms with Crippen molar-refractivity contribution in [2.24, 2.45) is 11.8 Å². The van der Waals surface area contributed by atoms with Gasteiger partial charge in [0.05, 0.1) is 30.8 Å². The quantitative estimate of drug-likeness (QED) is 0.157. The van der Waals surface area contributed by atoms with Gasteiger partial charge in [0.15, 0.2) is 0 Å². The van der Waals surface area contributed by atoms with Crippen LogP contribution in [0, 0.1) is 11.8 Å². The van der Waals surface area contributed by atoms with Crippen LogP contribution in [0.5, 0.6) is 0 Å². The van der Waals surface area contributed by atoms with Gasteiger partial charge in [-0.25, -0.2) is 0 Å². The van der Waals surface area contributed by atoms with E-state index in [9.17, 15) is 14.7 Å². The lowest BCUT2D eigenvalue weighted by Gasteiger charge is -2.39. The fraction of sp³-hybridized carbons (Fsp3) is 0.500. The van der Waals surface area contributed by atoms with Crippen LogP contribution in [0.4, 0.5) is 11.4 Å². The molecule has 2 bridgehead atoms. The van der Waals surface area contributed by atoms with Gasteiger partial charge < -0.3 is 29.3 Å². The number of carbonyl (C=O) groups excluding carboxylic acids is 3.